The molecule has 0 unspecified atom stereocenters. The zero-order valence-electron chi connectivity index (χ0n) is 9.10. The highest BCUT2D eigenvalue weighted by Crippen LogP contribution is 2.37. The maximum atomic E-state index is 11.8. The molecule has 0 bridgehead atoms. The van der Waals surface area contributed by atoms with Crippen molar-refractivity contribution >= 4 is 15.7 Å². The predicted molar refractivity (Wildman–Crippen MR) is 61.9 cm³/mol. The zero-order chi connectivity index (χ0) is 11.3. The van der Waals surface area contributed by atoms with Crippen LogP contribution in [-0.2, 0) is 10.0 Å². The van der Waals surface area contributed by atoms with Crippen LogP contribution in [0.1, 0.15) is 18.4 Å². The second-order valence-electron chi connectivity index (χ2n) is 4.48. The fourth-order valence-corrected chi connectivity index (χ4v) is 3.27. The van der Waals surface area contributed by atoms with Crippen molar-refractivity contribution in [1.29, 1.82) is 0 Å². The van der Waals surface area contributed by atoms with Gasteiger partial charge in [-0.05, 0) is 37.5 Å². The number of rotatable bonds is 1. The van der Waals surface area contributed by atoms with Crippen LogP contribution in [0.3, 0.4) is 0 Å². The van der Waals surface area contributed by atoms with Crippen LogP contribution in [-0.4, -0.2) is 21.1 Å². The lowest BCUT2D eigenvalue weighted by molar-refractivity contribution is 0.570. The number of nitrogens with one attached hydrogen (secondary N) is 1. The van der Waals surface area contributed by atoms with Crippen LogP contribution in [0.25, 0.3) is 0 Å². The lowest BCUT2D eigenvalue weighted by Crippen LogP contribution is -2.44. The van der Waals surface area contributed by atoms with E-state index in [0.29, 0.717) is 17.6 Å². The lowest BCUT2D eigenvalue weighted by atomic mass is 10.2. The van der Waals surface area contributed by atoms with Gasteiger partial charge in [-0.15, -0.1) is 0 Å². The Hall–Kier alpha value is -1.07. The molecule has 0 radical (unpaired) electrons. The lowest BCUT2D eigenvalue weighted by Gasteiger charge is -2.31. The van der Waals surface area contributed by atoms with Gasteiger partial charge in [0.2, 0.25) is 10.0 Å². The third-order valence-electron chi connectivity index (χ3n) is 3.13. The monoisotopic (exact) mass is 238 g/mol. The average Bonchev–Trinajstić information content (AvgIpc) is 3.01. The van der Waals surface area contributed by atoms with Gasteiger partial charge in [-0.1, -0.05) is 6.07 Å². The van der Waals surface area contributed by atoms with E-state index >= 15 is 0 Å². The number of aryl methyl sites for hydroxylation is 1. The third kappa shape index (κ3) is 1.51. The van der Waals surface area contributed by atoms with Crippen molar-refractivity contribution in [2.24, 2.45) is 0 Å². The molecule has 3 rings (SSSR count). The topological polar surface area (TPSA) is 49.4 Å². The molecule has 0 amide bonds. The van der Waals surface area contributed by atoms with Gasteiger partial charge in [0, 0.05) is 6.04 Å². The molecule has 1 aromatic rings. The van der Waals surface area contributed by atoms with Crippen molar-refractivity contribution in [3.05, 3.63) is 23.8 Å². The fourth-order valence-electron chi connectivity index (χ4n) is 2.11. The Balaban J connectivity index is 2.17. The number of hydrogen-bond donors (Lipinski definition) is 1. The summed E-state index contributed by atoms with van der Waals surface area (Å²) in [5, 5.41) is 0. The molecule has 1 fully saturated rings. The smallest absolute Gasteiger partial charge is 0.244 e. The number of nitrogens with zero attached hydrogens (tertiary/aromatic N) is 1. The second-order valence-corrected chi connectivity index (χ2v) is 6.21. The van der Waals surface area contributed by atoms with Crippen LogP contribution in [0.5, 0.6) is 0 Å². The van der Waals surface area contributed by atoms with Crippen molar-refractivity contribution in [2.75, 3.05) is 11.6 Å². The van der Waals surface area contributed by atoms with Crippen LogP contribution in [0, 0.1) is 6.92 Å². The van der Waals surface area contributed by atoms with E-state index in [1.807, 2.05) is 19.1 Å². The number of benzene rings is 1. The van der Waals surface area contributed by atoms with Crippen molar-refractivity contribution in [3.63, 3.8) is 0 Å². The van der Waals surface area contributed by atoms with Gasteiger partial charge in [-0.3, -0.25) is 0 Å². The molecule has 2 aliphatic rings. The Bertz CT molecular complexity index is 535. The molecule has 1 aliphatic carbocycles. The summed E-state index contributed by atoms with van der Waals surface area (Å²) in [6.07, 6.45) is 2.32. The summed E-state index contributed by atoms with van der Waals surface area (Å²) in [4.78, 5) is 2.57. The van der Waals surface area contributed by atoms with Crippen LogP contribution in [0.4, 0.5) is 5.69 Å². The molecule has 0 spiro atoms. The first kappa shape index (κ1) is 10.1. The van der Waals surface area contributed by atoms with Gasteiger partial charge in [0.15, 0.2) is 0 Å². The normalized spacial score (nSPS) is 22.9. The van der Waals surface area contributed by atoms with E-state index in [2.05, 4.69) is 9.62 Å². The van der Waals surface area contributed by atoms with Gasteiger partial charge >= 0.3 is 0 Å². The van der Waals surface area contributed by atoms with Gasteiger partial charge in [-0.25, -0.2) is 8.42 Å². The Morgan fingerprint density at radius 1 is 1.38 bits per heavy atom. The Kier molecular flexibility index (Phi) is 2.03. The molecule has 0 atom stereocenters. The van der Waals surface area contributed by atoms with Crippen LogP contribution in [0.15, 0.2) is 23.1 Å². The van der Waals surface area contributed by atoms with E-state index in [0.717, 1.165) is 24.1 Å². The molecule has 16 heavy (non-hydrogen) atoms. The second kappa shape index (κ2) is 3.21. The summed E-state index contributed by atoms with van der Waals surface area (Å²) < 4.78 is 26.3. The van der Waals surface area contributed by atoms with E-state index in [4.69, 9.17) is 0 Å². The molecule has 1 aliphatic heterocycles. The minimum Gasteiger partial charge on any atom is -0.354 e. The first-order valence-electron chi connectivity index (χ1n) is 5.45. The number of fused-ring (bicyclic) bond motifs is 1. The molecule has 1 heterocycles. The van der Waals surface area contributed by atoms with Crippen molar-refractivity contribution in [1.82, 2.24) is 4.72 Å². The van der Waals surface area contributed by atoms with E-state index in [1.165, 1.54) is 0 Å². The van der Waals surface area contributed by atoms with Crippen molar-refractivity contribution in [2.45, 2.75) is 30.7 Å². The van der Waals surface area contributed by atoms with E-state index < -0.39 is 10.0 Å². The molecule has 1 aromatic carbocycles. The fraction of sp³-hybridized carbons (Fsp3) is 0.455. The standard InChI is InChI=1S/C11H14N2O2S/c1-8-2-5-11-10(6-8)13(9-3-4-9)7-12-16(11,14)15/h2,5-6,9,12H,3-4,7H2,1H3. The highest BCUT2D eigenvalue weighted by Gasteiger charge is 2.36. The zero-order valence-corrected chi connectivity index (χ0v) is 9.92. The molecule has 0 aromatic heterocycles. The summed E-state index contributed by atoms with van der Waals surface area (Å²) >= 11 is 0. The number of sulfonamides is 1. The molecular weight excluding hydrogens is 224 g/mol. The van der Waals surface area contributed by atoms with E-state index in [-0.39, 0.29) is 0 Å². The van der Waals surface area contributed by atoms with Gasteiger partial charge < -0.3 is 4.90 Å². The first-order chi connectivity index (χ1) is 7.58. The van der Waals surface area contributed by atoms with Crippen molar-refractivity contribution in [3.8, 4) is 0 Å². The maximum absolute atomic E-state index is 11.8. The molecule has 4 nitrogen and oxygen atoms in total. The Morgan fingerprint density at radius 2 is 2.12 bits per heavy atom. The summed E-state index contributed by atoms with van der Waals surface area (Å²) in [7, 11) is -3.29. The van der Waals surface area contributed by atoms with E-state index in [1.54, 1.807) is 6.07 Å². The largest absolute Gasteiger partial charge is 0.354 e. The summed E-state index contributed by atoms with van der Waals surface area (Å²) in [6.45, 7) is 2.39. The summed E-state index contributed by atoms with van der Waals surface area (Å²) in [5.74, 6) is 0. The molecule has 0 saturated heterocycles. The van der Waals surface area contributed by atoms with Crippen LogP contribution < -0.4 is 9.62 Å². The summed E-state index contributed by atoms with van der Waals surface area (Å²) in [6, 6.07) is 6.02. The quantitative estimate of drug-likeness (QED) is 0.800. The summed E-state index contributed by atoms with van der Waals surface area (Å²) in [5.41, 5.74) is 1.96. The molecule has 1 saturated carbocycles. The highest BCUT2D eigenvalue weighted by atomic mass is 32.2. The van der Waals surface area contributed by atoms with Gasteiger partial charge in [0.05, 0.1) is 12.4 Å². The number of hydrogen-bond acceptors (Lipinski definition) is 3. The highest BCUT2D eigenvalue weighted by molar-refractivity contribution is 7.89. The molecule has 1 N–H and O–H groups in total. The van der Waals surface area contributed by atoms with Gasteiger partial charge in [0.1, 0.15) is 4.90 Å². The van der Waals surface area contributed by atoms with E-state index in [9.17, 15) is 8.42 Å². The molecular formula is C11H14N2O2S. The Morgan fingerprint density at radius 3 is 2.81 bits per heavy atom. The third-order valence-corrected chi connectivity index (χ3v) is 4.56. The minimum absolute atomic E-state index is 0.406. The molecule has 5 heteroatoms. The van der Waals surface area contributed by atoms with Crippen molar-refractivity contribution < 1.29 is 8.42 Å². The molecule has 86 valence electrons. The predicted octanol–water partition coefficient (Wildman–Crippen LogP) is 1.21. The first-order valence-corrected chi connectivity index (χ1v) is 6.93. The Labute approximate surface area is 95.3 Å². The van der Waals surface area contributed by atoms with Gasteiger partial charge in [-0.2, -0.15) is 4.72 Å². The SMILES string of the molecule is Cc1ccc2c(c1)N(C1CC1)CNS2(=O)=O. The minimum atomic E-state index is -3.29. The average molecular weight is 238 g/mol. The van der Waals surface area contributed by atoms with Crippen LogP contribution >= 0.6 is 0 Å². The van der Waals surface area contributed by atoms with Crippen LogP contribution in [0.2, 0.25) is 0 Å². The number of anilines is 1. The maximum Gasteiger partial charge on any atom is 0.244 e. The van der Waals surface area contributed by atoms with Gasteiger partial charge in [0.25, 0.3) is 0 Å².